The minimum Gasteiger partial charge on any atom is -0.507 e. The van der Waals surface area contributed by atoms with Gasteiger partial charge in [0.2, 0.25) is 0 Å². The molecule has 94 valence electrons. The molecule has 0 spiro atoms. The van der Waals surface area contributed by atoms with Crippen LogP contribution in [-0.4, -0.2) is 5.11 Å². The van der Waals surface area contributed by atoms with E-state index < -0.39 is 0 Å². The van der Waals surface area contributed by atoms with Crippen molar-refractivity contribution < 1.29 is 5.11 Å². The molecule has 0 saturated heterocycles. The minimum atomic E-state index is 0.306. The normalized spacial score (nSPS) is 10.8. The number of benzene rings is 3. The van der Waals surface area contributed by atoms with E-state index in [1.807, 2.05) is 54.6 Å². The molecule has 0 bridgehead atoms. The maximum Gasteiger partial charge on any atom is 0.130 e. The molecule has 3 aromatic carbocycles. The Balaban J connectivity index is 2.15. The number of hydrogen-bond donors (Lipinski definition) is 2. The molecule has 0 aliphatic heterocycles. The Bertz CT molecular complexity index is 738. The van der Waals surface area contributed by atoms with Crippen molar-refractivity contribution in [3.63, 3.8) is 0 Å². The van der Waals surface area contributed by atoms with E-state index in [-0.39, 0.29) is 0 Å². The van der Waals surface area contributed by atoms with Crippen LogP contribution in [0.15, 0.2) is 75.4 Å². The fourth-order valence-electron chi connectivity index (χ4n) is 1.99. The fourth-order valence-corrected chi connectivity index (χ4v) is 3.30. The zero-order valence-corrected chi connectivity index (χ0v) is 11.8. The molecular formula is C16H12OS2. The van der Waals surface area contributed by atoms with E-state index in [2.05, 4.69) is 12.6 Å². The summed E-state index contributed by atoms with van der Waals surface area (Å²) in [6.45, 7) is 0. The van der Waals surface area contributed by atoms with Gasteiger partial charge < -0.3 is 5.11 Å². The van der Waals surface area contributed by atoms with Crippen molar-refractivity contribution in [2.45, 2.75) is 14.7 Å². The number of phenolic OH excluding ortho intramolecular Hbond substituents is 1. The first-order chi connectivity index (χ1) is 9.25. The van der Waals surface area contributed by atoms with E-state index in [9.17, 15) is 5.11 Å². The van der Waals surface area contributed by atoms with E-state index in [0.29, 0.717) is 5.75 Å². The van der Waals surface area contributed by atoms with Gasteiger partial charge in [-0.2, -0.15) is 0 Å². The van der Waals surface area contributed by atoms with Gasteiger partial charge in [-0.1, -0.05) is 54.2 Å². The lowest BCUT2D eigenvalue weighted by Gasteiger charge is -2.10. The highest BCUT2D eigenvalue weighted by atomic mass is 32.2. The average molecular weight is 284 g/mol. The lowest BCUT2D eigenvalue weighted by Crippen LogP contribution is -1.81. The fraction of sp³-hybridized carbons (Fsp3) is 0. The van der Waals surface area contributed by atoms with Crippen molar-refractivity contribution in [1.82, 2.24) is 0 Å². The summed E-state index contributed by atoms with van der Waals surface area (Å²) in [7, 11) is 0. The summed E-state index contributed by atoms with van der Waals surface area (Å²) in [6.07, 6.45) is 0. The second-order valence-electron chi connectivity index (χ2n) is 4.20. The molecule has 3 rings (SSSR count). The predicted octanol–water partition coefficient (Wildman–Crippen LogP) is 4.99. The van der Waals surface area contributed by atoms with Crippen molar-refractivity contribution in [3.05, 3.63) is 60.7 Å². The zero-order valence-electron chi connectivity index (χ0n) is 10.1. The lowest BCUT2D eigenvalue weighted by atomic mass is 10.1. The summed E-state index contributed by atoms with van der Waals surface area (Å²) in [6, 6.07) is 19.6. The first kappa shape index (κ1) is 12.5. The SMILES string of the molecule is Oc1ccc2ccccc2c1Sc1ccccc1S. The van der Waals surface area contributed by atoms with Crippen LogP contribution >= 0.6 is 24.4 Å². The molecule has 0 heterocycles. The largest absolute Gasteiger partial charge is 0.507 e. The zero-order chi connectivity index (χ0) is 13.2. The third-order valence-electron chi connectivity index (χ3n) is 2.94. The molecule has 1 N–H and O–H groups in total. The Morgan fingerprint density at radius 1 is 0.842 bits per heavy atom. The van der Waals surface area contributed by atoms with Gasteiger partial charge in [0.25, 0.3) is 0 Å². The maximum absolute atomic E-state index is 10.1. The number of thiol groups is 1. The molecule has 3 aromatic rings. The van der Waals surface area contributed by atoms with Crippen LogP contribution in [0.4, 0.5) is 0 Å². The Kier molecular flexibility index (Phi) is 3.40. The van der Waals surface area contributed by atoms with Gasteiger partial charge in [0, 0.05) is 9.79 Å². The molecule has 1 nitrogen and oxygen atoms in total. The Hall–Kier alpha value is -1.58. The molecule has 0 aliphatic rings. The molecule has 0 aliphatic carbocycles. The van der Waals surface area contributed by atoms with Gasteiger partial charge in [-0.3, -0.25) is 0 Å². The predicted molar refractivity (Wildman–Crippen MR) is 83.4 cm³/mol. The van der Waals surface area contributed by atoms with Crippen LogP contribution in [-0.2, 0) is 0 Å². The van der Waals surface area contributed by atoms with Crippen LogP contribution in [0.1, 0.15) is 0 Å². The minimum absolute atomic E-state index is 0.306. The van der Waals surface area contributed by atoms with Crippen molar-refractivity contribution in [2.75, 3.05) is 0 Å². The van der Waals surface area contributed by atoms with Crippen molar-refractivity contribution in [3.8, 4) is 5.75 Å². The summed E-state index contributed by atoms with van der Waals surface area (Å²) in [5, 5.41) is 12.3. The van der Waals surface area contributed by atoms with E-state index in [1.165, 1.54) is 0 Å². The molecular weight excluding hydrogens is 272 g/mol. The summed E-state index contributed by atoms with van der Waals surface area (Å²) in [5.74, 6) is 0.306. The van der Waals surface area contributed by atoms with Crippen LogP contribution < -0.4 is 0 Å². The first-order valence-corrected chi connectivity index (χ1v) is 7.18. The molecule has 0 fully saturated rings. The van der Waals surface area contributed by atoms with Crippen molar-refractivity contribution in [1.29, 1.82) is 0 Å². The van der Waals surface area contributed by atoms with Crippen LogP contribution in [0.3, 0.4) is 0 Å². The number of hydrogen-bond acceptors (Lipinski definition) is 3. The second-order valence-corrected chi connectivity index (χ2v) is 5.74. The van der Waals surface area contributed by atoms with Gasteiger partial charge in [-0.15, -0.1) is 12.6 Å². The Morgan fingerprint density at radius 2 is 1.58 bits per heavy atom. The molecule has 0 aromatic heterocycles. The second kappa shape index (κ2) is 5.19. The Labute approximate surface area is 121 Å². The summed E-state index contributed by atoms with van der Waals surface area (Å²) in [4.78, 5) is 2.83. The third kappa shape index (κ3) is 2.44. The molecule has 0 atom stereocenters. The van der Waals surface area contributed by atoms with Gasteiger partial charge in [-0.05, 0) is 29.0 Å². The van der Waals surface area contributed by atoms with Gasteiger partial charge in [0.05, 0.1) is 4.90 Å². The van der Waals surface area contributed by atoms with Gasteiger partial charge >= 0.3 is 0 Å². The van der Waals surface area contributed by atoms with Crippen LogP contribution in [0.5, 0.6) is 5.75 Å². The molecule has 0 amide bonds. The van der Waals surface area contributed by atoms with Crippen LogP contribution in [0, 0.1) is 0 Å². The third-order valence-corrected chi connectivity index (χ3v) is 4.69. The molecule has 19 heavy (non-hydrogen) atoms. The summed E-state index contributed by atoms with van der Waals surface area (Å²) < 4.78 is 0. The number of fused-ring (bicyclic) bond motifs is 1. The average Bonchev–Trinajstić information content (AvgIpc) is 2.44. The van der Waals surface area contributed by atoms with E-state index in [1.54, 1.807) is 17.8 Å². The van der Waals surface area contributed by atoms with Crippen molar-refractivity contribution in [2.24, 2.45) is 0 Å². The lowest BCUT2D eigenvalue weighted by molar-refractivity contribution is 0.464. The quantitative estimate of drug-likeness (QED) is 0.647. The molecule has 0 unspecified atom stereocenters. The Morgan fingerprint density at radius 3 is 2.42 bits per heavy atom. The number of phenols is 1. The van der Waals surface area contributed by atoms with Crippen molar-refractivity contribution >= 4 is 35.2 Å². The van der Waals surface area contributed by atoms with E-state index in [0.717, 1.165) is 25.5 Å². The van der Waals surface area contributed by atoms with E-state index in [4.69, 9.17) is 0 Å². The molecule has 0 saturated carbocycles. The number of aromatic hydroxyl groups is 1. The topological polar surface area (TPSA) is 20.2 Å². The van der Waals surface area contributed by atoms with Crippen LogP contribution in [0.2, 0.25) is 0 Å². The highest BCUT2D eigenvalue weighted by Crippen LogP contribution is 2.41. The monoisotopic (exact) mass is 284 g/mol. The van der Waals surface area contributed by atoms with Gasteiger partial charge in [0.15, 0.2) is 0 Å². The molecule has 3 heteroatoms. The first-order valence-electron chi connectivity index (χ1n) is 5.92. The van der Waals surface area contributed by atoms with Gasteiger partial charge in [-0.25, -0.2) is 0 Å². The summed E-state index contributed by atoms with van der Waals surface area (Å²) in [5.41, 5.74) is 0. The smallest absolute Gasteiger partial charge is 0.130 e. The highest BCUT2D eigenvalue weighted by molar-refractivity contribution is 8.00. The molecule has 0 radical (unpaired) electrons. The summed E-state index contributed by atoms with van der Waals surface area (Å²) >= 11 is 6.00. The van der Waals surface area contributed by atoms with Crippen LogP contribution in [0.25, 0.3) is 10.8 Å². The highest BCUT2D eigenvalue weighted by Gasteiger charge is 2.09. The standard InChI is InChI=1S/C16H12OS2/c17-13-10-9-11-5-1-2-6-12(11)16(13)19-15-8-4-3-7-14(15)18/h1-10,17-18H. The maximum atomic E-state index is 10.1. The van der Waals surface area contributed by atoms with E-state index >= 15 is 0 Å². The van der Waals surface area contributed by atoms with Gasteiger partial charge in [0.1, 0.15) is 5.75 Å². The number of rotatable bonds is 2.